The number of rotatable bonds is 5. The minimum Gasteiger partial charge on any atom is -0.395 e. The molecule has 2 aliphatic rings. The molecule has 0 unspecified atom stereocenters. The number of carbonyl (C=O) groups is 2. The number of urea groups is 1. The predicted molar refractivity (Wildman–Crippen MR) is 61.4 cm³/mol. The van der Waals surface area contributed by atoms with Gasteiger partial charge in [0.25, 0.3) is 0 Å². The fourth-order valence-electron chi connectivity index (χ4n) is 2.24. The van der Waals surface area contributed by atoms with Gasteiger partial charge in [-0.1, -0.05) is 6.42 Å². The molecule has 2 N–H and O–H groups in total. The van der Waals surface area contributed by atoms with Gasteiger partial charge in [-0.2, -0.15) is 0 Å². The zero-order valence-corrected chi connectivity index (χ0v) is 9.89. The molecule has 0 spiro atoms. The molecule has 1 saturated carbocycles. The Labute approximate surface area is 101 Å². The standard InChI is InChI=1S/C11H19N3O3/c15-7-6-13(9-2-1-3-9)8-10(16)14-5-4-12-11(14)17/h9,15H,1-8H2,(H,12,17). The van der Waals surface area contributed by atoms with Crippen molar-refractivity contribution >= 4 is 11.9 Å². The number of aliphatic hydroxyl groups excluding tert-OH is 1. The molecule has 0 bridgehead atoms. The van der Waals surface area contributed by atoms with Crippen LogP contribution in [-0.4, -0.2) is 65.7 Å². The van der Waals surface area contributed by atoms with E-state index in [1.165, 1.54) is 11.3 Å². The van der Waals surface area contributed by atoms with E-state index in [9.17, 15) is 9.59 Å². The summed E-state index contributed by atoms with van der Waals surface area (Å²) < 4.78 is 0. The summed E-state index contributed by atoms with van der Waals surface area (Å²) in [6.07, 6.45) is 3.35. The molecule has 1 heterocycles. The van der Waals surface area contributed by atoms with Crippen LogP contribution in [0.15, 0.2) is 0 Å². The molecular weight excluding hydrogens is 222 g/mol. The van der Waals surface area contributed by atoms with Crippen LogP contribution in [0.5, 0.6) is 0 Å². The third kappa shape index (κ3) is 2.76. The Morgan fingerprint density at radius 1 is 1.53 bits per heavy atom. The quantitative estimate of drug-likeness (QED) is 0.673. The number of nitrogens with one attached hydrogen (secondary N) is 1. The highest BCUT2D eigenvalue weighted by atomic mass is 16.3. The van der Waals surface area contributed by atoms with Crippen LogP contribution in [0.25, 0.3) is 0 Å². The van der Waals surface area contributed by atoms with Crippen LogP contribution in [0, 0.1) is 0 Å². The Bertz CT molecular complexity index is 304. The minimum absolute atomic E-state index is 0.0516. The average molecular weight is 241 g/mol. The molecular formula is C11H19N3O3. The van der Waals surface area contributed by atoms with Gasteiger partial charge in [0, 0.05) is 25.7 Å². The van der Waals surface area contributed by atoms with E-state index in [1.54, 1.807) is 0 Å². The molecule has 3 amide bonds. The number of imide groups is 1. The van der Waals surface area contributed by atoms with Crippen LogP contribution in [-0.2, 0) is 4.79 Å². The molecule has 0 aromatic rings. The predicted octanol–water partition coefficient (Wildman–Crippen LogP) is -0.615. The highest BCUT2D eigenvalue weighted by Crippen LogP contribution is 2.24. The molecule has 1 aliphatic carbocycles. The molecule has 0 radical (unpaired) electrons. The number of hydrogen-bond acceptors (Lipinski definition) is 4. The monoisotopic (exact) mass is 241 g/mol. The lowest BCUT2D eigenvalue weighted by molar-refractivity contribution is -0.130. The second kappa shape index (κ2) is 5.46. The zero-order valence-electron chi connectivity index (χ0n) is 9.89. The third-order valence-corrected chi connectivity index (χ3v) is 3.47. The van der Waals surface area contributed by atoms with Crippen molar-refractivity contribution in [3.8, 4) is 0 Å². The van der Waals surface area contributed by atoms with Gasteiger partial charge in [0.15, 0.2) is 0 Å². The molecule has 0 atom stereocenters. The van der Waals surface area contributed by atoms with Gasteiger partial charge >= 0.3 is 6.03 Å². The van der Waals surface area contributed by atoms with Crippen molar-refractivity contribution in [2.75, 3.05) is 32.8 Å². The number of amides is 3. The van der Waals surface area contributed by atoms with E-state index >= 15 is 0 Å². The van der Waals surface area contributed by atoms with Crippen molar-refractivity contribution in [2.24, 2.45) is 0 Å². The van der Waals surface area contributed by atoms with Crippen LogP contribution >= 0.6 is 0 Å². The van der Waals surface area contributed by atoms with Gasteiger partial charge < -0.3 is 10.4 Å². The molecule has 6 nitrogen and oxygen atoms in total. The Hall–Kier alpha value is -1.14. The Balaban J connectivity index is 1.87. The normalized spacial score (nSPS) is 20.6. The fourth-order valence-corrected chi connectivity index (χ4v) is 2.24. The maximum absolute atomic E-state index is 11.9. The van der Waals surface area contributed by atoms with Gasteiger partial charge in [0.1, 0.15) is 0 Å². The first-order chi connectivity index (χ1) is 8.22. The SMILES string of the molecule is O=C(CN(CCO)C1CCC1)N1CCNC1=O. The maximum atomic E-state index is 11.9. The summed E-state index contributed by atoms with van der Waals surface area (Å²) in [5.41, 5.74) is 0. The van der Waals surface area contributed by atoms with E-state index in [4.69, 9.17) is 5.11 Å². The van der Waals surface area contributed by atoms with Gasteiger partial charge in [-0.05, 0) is 12.8 Å². The highest BCUT2D eigenvalue weighted by molar-refractivity contribution is 5.96. The number of nitrogens with zero attached hydrogens (tertiary/aromatic N) is 2. The summed E-state index contributed by atoms with van der Waals surface area (Å²) in [6.45, 7) is 1.78. The van der Waals surface area contributed by atoms with Crippen molar-refractivity contribution in [1.29, 1.82) is 0 Å². The molecule has 1 saturated heterocycles. The topological polar surface area (TPSA) is 72.9 Å². The molecule has 0 aromatic heterocycles. The molecule has 96 valence electrons. The van der Waals surface area contributed by atoms with Crippen molar-refractivity contribution in [3.05, 3.63) is 0 Å². The van der Waals surface area contributed by atoms with Crippen LogP contribution in [0.3, 0.4) is 0 Å². The van der Waals surface area contributed by atoms with Gasteiger partial charge in [0.2, 0.25) is 5.91 Å². The molecule has 0 aromatic carbocycles. The number of hydrogen-bond donors (Lipinski definition) is 2. The second-order valence-electron chi connectivity index (χ2n) is 4.56. The molecule has 1 aliphatic heterocycles. The Morgan fingerprint density at radius 3 is 2.76 bits per heavy atom. The van der Waals surface area contributed by atoms with Crippen LogP contribution in [0.2, 0.25) is 0 Å². The van der Waals surface area contributed by atoms with Crippen LogP contribution in [0.4, 0.5) is 4.79 Å². The summed E-state index contributed by atoms with van der Waals surface area (Å²) in [4.78, 5) is 26.5. The summed E-state index contributed by atoms with van der Waals surface area (Å²) in [5, 5.41) is 11.6. The highest BCUT2D eigenvalue weighted by Gasteiger charge is 2.31. The molecule has 6 heteroatoms. The van der Waals surface area contributed by atoms with E-state index in [0.29, 0.717) is 25.7 Å². The third-order valence-electron chi connectivity index (χ3n) is 3.47. The van der Waals surface area contributed by atoms with Crippen LogP contribution < -0.4 is 5.32 Å². The largest absolute Gasteiger partial charge is 0.395 e. The second-order valence-corrected chi connectivity index (χ2v) is 4.56. The smallest absolute Gasteiger partial charge is 0.324 e. The van der Waals surface area contributed by atoms with Crippen molar-refractivity contribution in [1.82, 2.24) is 15.1 Å². The van der Waals surface area contributed by atoms with Crippen LogP contribution in [0.1, 0.15) is 19.3 Å². The van der Waals surface area contributed by atoms with E-state index < -0.39 is 0 Å². The summed E-state index contributed by atoms with van der Waals surface area (Å²) >= 11 is 0. The van der Waals surface area contributed by atoms with Gasteiger partial charge in [-0.15, -0.1) is 0 Å². The lowest BCUT2D eigenvalue weighted by Crippen LogP contribution is -2.48. The zero-order chi connectivity index (χ0) is 12.3. The van der Waals surface area contributed by atoms with Gasteiger partial charge in [-0.25, -0.2) is 4.79 Å². The number of carbonyl (C=O) groups excluding carboxylic acids is 2. The lowest BCUT2D eigenvalue weighted by Gasteiger charge is -2.37. The maximum Gasteiger partial charge on any atom is 0.324 e. The molecule has 2 rings (SSSR count). The lowest BCUT2D eigenvalue weighted by atomic mass is 9.91. The first-order valence-corrected chi connectivity index (χ1v) is 6.15. The number of aliphatic hydroxyl groups is 1. The van der Waals surface area contributed by atoms with Crippen molar-refractivity contribution in [2.45, 2.75) is 25.3 Å². The first-order valence-electron chi connectivity index (χ1n) is 6.15. The van der Waals surface area contributed by atoms with E-state index in [2.05, 4.69) is 5.32 Å². The van der Waals surface area contributed by atoms with Gasteiger partial charge in [-0.3, -0.25) is 14.6 Å². The molecule has 2 fully saturated rings. The first kappa shape index (κ1) is 12.3. The Morgan fingerprint density at radius 2 is 2.29 bits per heavy atom. The van der Waals surface area contributed by atoms with Gasteiger partial charge in [0.05, 0.1) is 13.2 Å². The van der Waals surface area contributed by atoms with Crippen molar-refractivity contribution < 1.29 is 14.7 Å². The average Bonchev–Trinajstić information content (AvgIpc) is 2.62. The Kier molecular flexibility index (Phi) is 3.96. The summed E-state index contributed by atoms with van der Waals surface area (Å²) in [5.74, 6) is -0.166. The summed E-state index contributed by atoms with van der Waals surface area (Å²) in [7, 11) is 0. The van der Waals surface area contributed by atoms with E-state index in [0.717, 1.165) is 12.8 Å². The van der Waals surface area contributed by atoms with E-state index in [1.807, 2.05) is 4.90 Å². The molecule has 17 heavy (non-hydrogen) atoms. The van der Waals surface area contributed by atoms with E-state index in [-0.39, 0.29) is 25.1 Å². The summed E-state index contributed by atoms with van der Waals surface area (Å²) in [6, 6.07) is 0.101. The minimum atomic E-state index is -0.299. The fraction of sp³-hybridized carbons (Fsp3) is 0.818. The van der Waals surface area contributed by atoms with Crippen molar-refractivity contribution in [3.63, 3.8) is 0 Å².